The number of amides is 1. The van der Waals surface area contributed by atoms with Crippen molar-refractivity contribution in [3.05, 3.63) is 47.1 Å². The second-order valence-corrected chi connectivity index (χ2v) is 7.53. The zero-order valence-corrected chi connectivity index (χ0v) is 16.0. The third-order valence-corrected chi connectivity index (χ3v) is 5.39. The molecule has 26 heavy (non-hydrogen) atoms. The molecular formula is C17H14ClN3O3S2. The van der Waals surface area contributed by atoms with Crippen LogP contribution in [0.15, 0.2) is 47.1 Å². The number of thioether (sulfide) groups is 1. The van der Waals surface area contributed by atoms with Crippen molar-refractivity contribution in [2.75, 3.05) is 11.1 Å². The van der Waals surface area contributed by atoms with E-state index >= 15 is 0 Å². The third-order valence-electron chi connectivity index (χ3n) is 3.34. The Labute approximate surface area is 162 Å². The molecule has 9 heteroatoms. The summed E-state index contributed by atoms with van der Waals surface area (Å²) in [6.45, 7) is 1.52. The second kappa shape index (κ2) is 8.48. The summed E-state index contributed by atoms with van der Waals surface area (Å²) < 4.78 is 5.18. The van der Waals surface area contributed by atoms with E-state index in [1.807, 2.05) is 11.4 Å². The molecule has 1 N–H and O–H groups in total. The number of carbonyl (C=O) groups is 2. The maximum atomic E-state index is 12.1. The van der Waals surface area contributed by atoms with Crippen molar-refractivity contribution in [2.24, 2.45) is 0 Å². The number of halogens is 1. The first-order valence-corrected chi connectivity index (χ1v) is 9.84. The molecule has 1 atom stereocenters. The predicted octanol–water partition coefficient (Wildman–Crippen LogP) is 4.01. The fourth-order valence-corrected chi connectivity index (χ4v) is 3.76. The van der Waals surface area contributed by atoms with Crippen molar-refractivity contribution in [1.82, 2.24) is 9.97 Å². The molecule has 0 spiro atoms. The molecule has 134 valence electrons. The number of nitrogens with one attached hydrogen (secondary N) is 1. The highest BCUT2D eigenvalue weighted by Gasteiger charge is 2.18. The maximum absolute atomic E-state index is 12.1. The van der Waals surface area contributed by atoms with Crippen LogP contribution in [0.5, 0.6) is 0 Å². The van der Waals surface area contributed by atoms with Crippen LogP contribution in [0, 0.1) is 0 Å². The van der Waals surface area contributed by atoms with Crippen molar-refractivity contribution in [3.8, 4) is 0 Å². The second-order valence-electron chi connectivity index (χ2n) is 5.24. The fourth-order valence-electron chi connectivity index (χ4n) is 2.07. The maximum Gasteiger partial charge on any atom is 0.317 e. The van der Waals surface area contributed by atoms with Crippen molar-refractivity contribution in [3.63, 3.8) is 0 Å². The van der Waals surface area contributed by atoms with Gasteiger partial charge < -0.3 is 10.1 Å². The molecule has 0 saturated carbocycles. The van der Waals surface area contributed by atoms with Crippen molar-refractivity contribution < 1.29 is 14.3 Å². The number of esters is 1. The lowest BCUT2D eigenvalue weighted by Crippen LogP contribution is -2.30. The molecule has 3 rings (SSSR count). The molecule has 0 aliphatic heterocycles. The van der Waals surface area contributed by atoms with Gasteiger partial charge in [-0.3, -0.25) is 9.59 Å². The fraction of sp³-hybridized carbons (Fsp3) is 0.176. The summed E-state index contributed by atoms with van der Waals surface area (Å²) in [5, 5.41) is 6.78. The third kappa shape index (κ3) is 4.72. The van der Waals surface area contributed by atoms with Crippen LogP contribution in [0.3, 0.4) is 0 Å². The molecule has 0 fully saturated rings. The molecule has 0 unspecified atom stereocenters. The lowest BCUT2D eigenvalue weighted by Gasteiger charge is -2.13. The minimum absolute atomic E-state index is 0.0561. The van der Waals surface area contributed by atoms with Gasteiger partial charge in [0, 0.05) is 16.1 Å². The van der Waals surface area contributed by atoms with Gasteiger partial charge in [0.15, 0.2) is 6.10 Å². The van der Waals surface area contributed by atoms with Crippen molar-refractivity contribution in [1.29, 1.82) is 0 Å². The summed E-state index contributed by atoms with van der Waals surface area (Å²) in [6.07, 6.45) is 0.555. The first kappa shape index (κ1) is 18.6. The summed E-state index contributed by atoms with van der Waals surface area (Å²) in [5.41, 5.74) is 0.581. The first-order valence-electron chi connectivity index (χ1n) is 7.60. The zero-order valence-electron chi connectivity index (χ0n) is 13.6. The van der Waals surface area contributed by atoms with Crippen LogP contribution >= 0.6 is 34.7 Å². The van der Waals surface area contributed by atoms with Gasteiger partial charge in [0.2, 0.25) is 0 Å². The number of hydrogen-bond donors (Lipinski definition) is 1. The number of benzene rings is 1. The molecule has 2 heterocycles. The monoisotopic (exact) mass is 407 g/mol. The minimum Gasteiger partial charge on any atom is -0.452 e. The highest BCUT2D eigenvalue weighted by Crippen LogP contribution is 2.27. The number of ether oxygens (including phenoxy) is 1. The predicted molar refractivity (Wildman–Crippen MR) is 104 cm³/mol. The summed E-state index contributed by atoms with van der Waals surface area (Å²) in [5.74, 6) is -0.843. The van der Waals surface area contributed by atoms with E-state index in [9.17, 15) is 9.59 Å². The number of anilines is 1. The average molecular weight is 408 g/mol. The summed E-state index contributed by atoms with van der Waals surface area (Å²) in [7, 11) is 0. The van der Waals surface area contributed by atoms with E-state index in [2.05, 4.69) is 15.3 Å². The van der Waals surface area contributed by atoms with Crippen LogP contribution in [0.25, 0.3) is 10.2 Å². The highest BCUT2D eigenvalue weighted by molar-refractivity contribution is 8.00. The standard InChI is InChI=1S/C17H14ClN3O3S2/c1-10(15(23)21-12-4-2-11(18)3-5-12)24-14(22)8-26-17-13-6-7-25-16(13)19-9-20-17/h2-7,9-10H,8H2,1H3,(H,21,23)/t10-/m1/s1. The van der Waals surface area contributed by atoms with Crippen LogP contribution in [0.2, 0.25) is 5.02 Å². The normalized spacial score (nSPS) is 11.9. The van der Waals surface area contributed by atoms with Crippen LogP contribution in [0.4, 0.5) is 5.69 Å². The van der Waals surface area contributed by atoms with Crippen LogP contribution in [0.1, 0.15) is 6.92 Å². The van der Waals surface area contributed by atoms with E-state index < -0.39 is 18.0 Å². The number of hydrogen-bond acceptors (Lipinski definition) is 7. The molecule has 1 aromatic carbocycles. The molecule has 3 aromatic rings. The molecule has 0 aliphatic carbocycles. The Hall–Kier alpha value is -2.16. The largest absolute Gasteiger partial charge is 0.452 e. The van der Waals surface area contributed by atoms with Gasteiger partial charge >= 0.3 is 5.97 Å². The van der Waals surface area contributed by atoms with Gasteiger partial charge in [-0.15, -0.1) is 11.3 Å². The number of nitrogens with zero attached hydrogens (tertiary/aromatic N) is 2. The topological polar surface area (TPSA) is 81.2 Å². The average Bonchev–Trinajstić information content (AvgIpc) is 3.11. The number of fused-ring (bicyclic) bond motifs is 1. The van der Waals surface area contributed by atoms with E-state index in [-0.39, 0.29) is 5.75 Å². The number of aromatic nitrogens is 2. The molecule has 6 nitrogen and oxygen atoms in total. The lowest BCUT2D eigenvalue weighted by atomic mass is 10.3. The van der Waals surface area contributed by atoms with Gasteiger partial charge in [-0.2, -0.15) is 0 Å². The Balaban J connectivity index is 1.51. The van der Waals surface area contributed by atoms with Crippen molar-refractivity contribution in [2.45, 2.75) is 18.1 Å². The SMILES string of the molecule is C[C@@H](OC(=O)CSc1ncnc2sccc12)C(=O)Nc1ccc(Cl)cc1. The van der Waals surface area contributed by atoms with Gasteiger partial charge in [-0.1, -0.05) is 23.4 Å². The summed E-state index contributed by atoms with van der Waals surface area (Å²) >= 11 is 8.57. The van der Waals surface area contributed by atoms with Crippen LogP contribution < -0.4 is 5.32 Å². The smallest absolute Gasteiger partial charge is 0.317 e. The van der Waals surface area contributed by atoms with Crippen LogP contribution in [-0.4, -0.2) is 33.7 Å². The molecule has 1 amide bonds. The lowest BCUT2D eigenvalue weighted by molar-refractivity contribution is -0.150. The van der Waals surface area contributed by atoms with E-state index in [1.165, 1.54) is 36.3 Å². The molecule has 0 bridgehead atoms. The first-order chi connectivity index (χ1) is 12.5. The zero-order chi connectivity index (χ0) is 18.5. The van der Waals surface area contributed by atoms with Gasteiger partial charge in [-0.05, 0) is 42.6 Å². The molecule has 2 aromatic heterocycles. The molecule has 0 aliphatic rings. The molecular weight excluding hydrogens is 394 g/mol. The number of carbonyl (C=O) groups excluding carboxylic acids is 2. The highest BCUT2D eigenvalue weighted by atomic mass is 35.5. The van der Waals surface area contributed by atoms with Gasteiger partial charge in [0.25, 0.3) is 5.91 Å². The number of thiophene rings is 1. The van der Waals surface area contributed by atoms with E-state index in [1.54, 1.807) is 24.3 Å². The van der Waals surface area contributed by atoms with E-state index in [0.29, 0.717) is 15.7 Å². The van der Waals surface area contributed by atoms with Crippen molar-refractivity contribution >= 4 is 62.5 Å². The Morgan fingerprint density at radius 1 is 1.27 bits per heavy atom. The minimum atomic E-state index is -0.912. The van der Waals surface area contributed by atoms with E-state index in [0.717, 1.165) is 10.2 Å². The Morgan fingerprint density at radius 2 is 2.04 bits per heavy atom. The van der Waals surface area contributed by atoms with Gasteiger partial charge in [0.05, 0.1) is 5.75 Å². The quantitative estimate of drug-likeness (QED) is 0.377. The molecule has 0 radical (unpaired) electrons. The Bertz CT molecular complexity index is 930. The van der Waals surface area contributed by atoms with Gasteiger partial charge in [0.1, 0.15) is 16.2 Å². The summed E-state index contributed by atoms with van der Waals surface area (Å²) in [4.78, 5) is 33.3. The molecule has 0 saturated heterocycles. The summed E-state index contributed by atoms with van der Waals surface area (Å²) in [6, 6.07) is 8.59. The van der Waals surface area contributed by atoms with Crippen LogP contribution in [-0.2, 0) is 14.3 Å². The van der Waals surface area contributed by atoms with E-state index in [4.69, 9.17) is 16.3 Å². The Morgan fingerprint density at radius 3 is 2.81 bits per heavy atom. The number of rotatable bonds is 6. The Kier molecular flexibility index (Phi) is 6.08. The van der Waals surface area contributed by atoms with Gasteiger partial charge in [-0.25, -0.2) is 9.97 Å².